The Labute approximate surface area is 183 Å². The zero-order valence-corrected chi connectivity index (χ0v) is 18.0. The van der Waals surface area contributed by atoms with Gasteiger partial charge in [0.2, 0.25) is 5.91 Å². The van der Waals surface area contributed by atoms with E-state index < -0.39 is 0 Å². The average molecular weight is 442 g/mol. The maximum Gasteiger partial charge on any atom is 0.343 e. The van der Waals surface area contributed by atoms with Crippen molar-refractivity contribution < 1.29 is 14.3 Å². The Morgan fingerprint density at radius 3 is 2.58 bits per heavy atom. The van der Waals surface area contributed by atoms with Crippen LogP contribution in [0.15, 0.2) is 58.5 Å². The SMILES string of the molecule is CCCn1c(SCC(=O)Nc2ccccc2C(=O)Nc2ccc(OC)cc2)n[nH]c1=O. The van der Waals surface area contributed by atoms with Gasteiger partial charge in [0, 0.05) is 12.2 Å². The Morgan fingerprint density at radius 1 is 1.13 bits per heavy atom. The highest BCUT2D eigenvalue weighted by atomic mass is 32.2. The van der Waals surface area contributed by atoms with Gasteiger partial charge in [0.05, 0.1) is 24.1 Å². The molecule has 0 radical (unpaired) electrons. The Balaban J connectivity index is 1.65. The predicted octanol–water partition coefficient (Wildman–Crippen LogP) is 2.97. The number of hydrogen-bond acceptors (Lipinski definition) is 6. The van der Waals surface area contributed by atoms with Crippen molar-refractivity contribution in [1.29, 1.82) is 0 Å². The predicted molar refractivity (Wildman–Crippen MR) is 120 cm³/mol. The Hall–Kier alpha value is -3.53. The van der Waals surface area contributed by atoms with Gasteiger partial charge < -0.3 is 15.4 Å². The van der Waals surface area contributed by atoms with Gasteiger partial charge in [0.1, 0.15) is 5.75 Å². The molecule has 0 atom stereocenters. The fourth-order valence-corrected chi connectivity index (χ4v) is 3.59. The first-order chi connectivity index (χ1) is 15.0. The number of hydrogen-bond donors (Lipinski definition) is 3. The average Bonchev–Trinajstić information content (AvgIpc) is 3.13. The summed E-state index contributed by atoms with van der Waals surface area (Å²) in [5.41, 5.74) is 1.03. The first-order valence-corrected chi connectivity index (χ1v) is 10.6. The van der Waals surface area contributed by atoms with Gasteiger partial charge >= 0.3 is 5.69 Å². The largest absolute Gasteiger partial charge is 0.497 e. The lowest BCUT2D eigenvalue weighted by molar-refractivity contribution is -0.113. The molecular formula is C21H23N5O4S. The van der Waals surface area contributed by atoms with Crippen LogP contribution in [0.2, 0.25) is 0 Å². The maximum atomic E-state index is 12.7. The van der Waals surface area contributed by atoms with E-state index in [1.54, 1.807) is 55.6 Å². The molecule has 0 aliphatic carbocycles. The normalized spacial score (nSPS) is 10.5. The van der Waals surface area contributed by atoms with Crippen LogP contribution in [-0.4, -0.2) is 39.4 Å². The van der Waals surface area contributed by atoms with Gasteiger partial charge in [0.15, 0.2) is 5.16 Å². The van der Waals surface area contributed by atoms with Crippen LogP contribution in [0.5, 0.6) is 5.75 Å². The van der Waals surface area contributed by atoms with E-state index in [1.807, 2.05) is 6.92 Å². The third-order valence-corrected chi connectivity index (χ3v) is 5.27. The molecule has 0 saturated carbocycles. The van der Waals surface area contributed by atoms with Crippen LogP contribution in [0, 0.1) is 0 Å². The number of amides is 2. The fourth-order valence-electron chi connectivity index (χ4n) is 2.81. The molecule has 3 N–H and O–H groups in total. The monoisotopic (exact) mass is 441 g/mol. The fraction of sp³-hybridized carbons (Fsp3) is 0.238. The summed E-state index contributed by atoms with van der Waals surface area (Å²) in [4.78, 5) is 36.9. The van der Waals surface area contributed by atoms with Crippen LogP contribution in [0.3, 0.4) is 0 Å². The summed E-state index contributed by atoms with van der Waals surface area (Å²) < 4.78 is 6.61. The van der Waals surface area contributed by atoms with Crippen LogP contribution in [0.25, 0.3) is 0 Å². The van der Waals surface area contributed by atoms with Gasteiger partial charge in [-0.1, -0.05) is 30.8 Å². The highest BCUT2D eigenvalue weighted by Crippen LogP contribution is 2.20. The summed E-state index contributed by atoms with van der Waals surface area (Å²) in [6, 6.07) is 13.7. The number of aromatic nitrogens is 3. The molecule has 2 amide bonds. The van der Waals surface area contributed by atoms with Crippen LogP contribution >= 0.6 is 11.8 Å². The molecule has 0 fully saturated rings. The molecule has 2 aromatic carbocycles. The number of H-pyrrole nitrogens is 1. The number of thioether (sulfide) groups is 1. The minimum atomic E-state index is -0.349. The molecule has 10 heteroatoms. The van der Waals surface area contributed by atoms with Crippen LogP contribution < -0.4 is 21.1 Å². The number of para-hydroxylation sites is 1. The number of benzene rings is 2. The second kappa shape index (κ2) is 10.5. The number of carbonyl (C=O) groups excluding carboxylic acids is 2. The molecule has 0 bridgehead atoms. The second-order valence-electron chi connectivity index (χ2n) is 6.53. The van der Waals surface area contributed by atoms with Gasteiger partial charge in [-0.2, -0.15) is 0 Å². The van der Waals surface area contributed by atoms with Crippen molar-refractivity contribution in [3.05, 3.63) is 64.6 Å². The van der Waals surface area contributed by atoms with Crippen molar-refractivity contribution in [2.45, 2.75) is 25.0 Å². The van der Waals surface area contributed by atoms with Crippen molar-refractivity contribution in [1.82, 2.24) is 14.8 Å². The van der Waals surface area contributed by atoms with E-state index in [-0.39, 0.29) is 23.3 Å². The lowest BCUT2D eigenvalue weighted by Gasteiger charge is -2.12. The van der Waals surface area contributed by atoms with E-state index in [9.17, 15) is 14.4 Å². The van der Waals surface area contributed by atoms with Crippen molar-refractivity contribution in [2.75, 3.05) is 23.5 Å². The summed E-state index contributed by atoms with van der Waals surface area (Å²) in [5.74, 6) is 0.0676. The van der Waals surface area contributed by atoms with Gasteiger partial charge in [-0.3, -0.25) is 14.2 Å². The number of nitrogens with one attached hydrogen (secondary N) is 3. The standard InChI is InChI=1S/C21H23N5O4S/c1-3-12-26-20(29)24-25-21(26)31-13-18(27)23-17-7-5-4-6-16(17)19(28)22-14-8-10-15(30-2)11-9-14/h4-11H,3,12-13H2,1-2H3,(H,22,28)(H,23,27)(H,24,29). The molecule has 3 aromatic rings. The highest BCUT2D eigenvalue weighted by Gasteiger charge is 2.15. The molecule has 162 valence electrons. The molecule has 0 unspecified atom stereocenters. The summed E-state index contributed by atoms with van der Waals surface area (Å²) >= 11 is 1.15. The molecule has 0 aliphatic rings. The van der Waals surface area contributed by atoms with E-state index in [2.05, 4.69) is 20.8 Å². The molecular weight excluding hydrogens is 418 g/mol. The first kappa shape index (κ1) is 22.2. The molecule has 0 aliphatic heterocycles. The van der Waals surface area contributed by atoms with Crippen molar-refractivity contribution >= 4 is 35.0 Å². The highest BCUT2D eigenvalue weighted by molar-refractivity contribution is 7.99. The topological polar surface area (TPSA) is 118 Å². The van der Waals surface area contributed by atoms with Gasteiger partial charge in [-0.05, 0) is 42.8 Å². The Bertz CT molecular complexity index is 1110. The van der Waals surface area contributed by atoms with Crippen LogP contribution in [0.1, 0.15) is 23.7 Å². The lowest BCUT2D eigenvalue weighted by atomic mass is 10.1. The molecule has 1 heterocycles. The molecule has 0 spiro atoms. The number of ether oxygens (including phenoxy) is 1. The number of anilines is 2. The maximum absolute atomic E-state index is 12.7. The third kappa shape index (κ3) is 5.76. The van der Waals surface area contributed by atoms with E-state index >= 15 is 0 Å². The summed E-state index contributed by atoms with van der Waals surface area (Å²) in [5, 5.41) is 12.4. The number of methoxy groups -OCH3 is 1. The van der Waals surface area contributed by atoms with Crippen molar-refractivity contribution in [3.63, 3.8) is 0 Å². The summed E-state index contributed by atoms with van der Waals surface area (Å²) in [6.07, 6.45) is 0.774. The summed E-state index contributed by atoms with van der Waals surface area (Å²) in [6.45, 7) is 2.47. The number of aromatic amines is 1. The molecule has 0 saturated heterocycles. The van der Waals surface area contributed by atoms with E-state index in [0.29, 0.717) is 34.4 Å². The minimum absolute atomic E-state index is 0.0441. The molecule has 3 rings (SSSR count). The lowest BCUT2D eigenvalue weighted by Crippen LogP contribution is -2.20. The van der Waals surface area contributed by atoms with Crippen LogP contribution in [-0.2, 0) is 11.3 Å². The van der Waals surface area contributed by atoms with E-state index in [0.717, 1.165) is 18.2 Å². The van der Waals surface area contributed by atoms with Gasteiger partial charge in [0.25, 0.3) is 5.91 Å². The zero-order valence-electron chi connectivity index (χ0n) is 17.2. The van der Waals surface area contributed by atoms with E-state index in [4.69, 9.17) is 4.74 Å². The summed E-state index contributed by atoms with van der Waals surface area (Å²) in [7, 11) is 1.57. The van der Waals surface area contributed by atoms with Crippen LogP contribution in [0.4, 0.5) is 11.4 Å². The number of rotatable bonds is 9. The smallest absolute Gasteiger partial charge is 0.343 e. The van der Waals surface area contributed by atoms with Crippen molar-refractivity contribution in [2.24, 2.45) is 0 Å². The van der Waals surface area contributed by atoms with Gasteiger partial charge in [-0.15, -0.1) is 5.10 Å². The molecule has 31 heavy (non-hydrogen) atoms. The molecule has 1 aromatic heterocycles. The quantitative estimate of drug-likeness (QED) is 0.440. The van der Waals surface area contributed by atoms with Gasteiger partial charge in [-0.25, -0.2) is 9.89 Å². The molecule has 9 nitrogen and oxygen atoms in total. The Morgan fingerprint density at radius 2 is 1.87 bits per heavy atom. The second-order valence-corrected chi connectivity index (χ2v) is 7.47. The Kier molecular flexibility index (Phi) is 7.50. The third-order valence-electron chi connectivity index (χ3n) is 4.30. The minimum Gasteiger partial charge on any atom is -0.497 e. The zero-order chi connectivity index (χ0) is 22.2. The van der Waals surface area contributed by atoms with E-state index in [1.165, 1.54) is 4.57 Å². The number of nitrogens with zero attached hydrogens (tertiary/aromatic N) is 2. The first-order valence-electron chi connectivity index (χ1n) is 9.64. The van der Waals surface area contributed by atoms with Crippen molar-refractivity contribution in [3.8, 4) is 5.75 Å². The number of carbonyl (C=O) groups is 2.